The van der Waals surface area contributed by atoms with Crippen molar-refractivity contribution >= 4 is 17.3 Å². The number of para-hydroxylation sites is 1. The second-order valence-corrected chi connectivity index (χ2v) is 5.77. The summed E-state index contributed by atoms with van der Waals surface area (Å²) in [5, 5.41) is 0. The lowest BCUT2D eigenvalue weighted by Crippen LogP contribution is -2.37. The van der Waals surface area contributed by atoms with Gasteiger partial charge in [0.05, 0.1) is 5.69 Å². The van der Waals surface area contributed by atoms with E-state index in [-0.39, 0.29) is 0 Å². The molecule has 0 aliphatic heterocycles. The van der Waals surface area contributed by atoms with Crippen molar-refractivity contribution in [3.63, 3.8) is 0 Å². The monoisotopic (exact) mass is 293 g/mol. The molecule has 0 spiro atoms. The van der Waals surface area contributed by atoms with Crippen molar-refractivity contribution in [2.75, 3.05) is 11.4 Å². The predicted octanol–water partition coefficient (Wildman–Crippen LogP) is 3.96. The summed E-state index contributed by atoms with van der Waals surface area (Å²) in [5.74, 6) is 0.567. The number of rotatable bonds is 3. The lowest BCUT2D eigenvalue weighted by atomic mass is 10.1. The van der Waals surface area contributed by atoms with Crippen LogP contribution in [0.3, 0.4) is 0 Å². The number of nitrogens with two attached hydrogens (primary N) is 1. The van der Waals surface area contributed by atoms with Gasteiger partial charge in [0.25, 0.3) is 0 Å². The van der Waals surface area contributed by atoms with Gasteiger partial charge in [0.1, 0.15) is 0 Å². The summed E-state index contributed by atoms with van der Waals surface area (Å²) < 4.78 is 0. The highest BCUT2D eigenvalue weighted by molar-refractivity contribution is 5.97. The third-order valence-corrected chi connectivity index (χ3v) is 4.36. The van der Waals surface area contributed by atoms with Crippen LogP contribution in [0, 0.1) is 6.92 Å². The standard InChI is InChI=1S/C19H23N3/c1-3-22(18-13-5-4-8-14(18)2)19(20)21-17-12-7-10-15-9-6-11-16(15)17/h4-5,7-8,10,12-13H,3,6,9,11H2,1-2H3,(H2,20,21). The lowest BCUT2D eigenvalue weighted by molar-refractivity contribution is 0.911. The fraction of sp³-hybridized carbons (Fsp3) is 0.316. The second-order valence-electron chi connectivity index (χ2n) is 5.77. The zero-order valence-electron chi connectivity index (χ0n) is 13.3. The Morgan fingerprint density at radius 1 is 1.14 bits per heavy atom. The van der Waals surface area contributed by atoms with Crippen LogP contribution in [-0.2, 0) is 12.8 Å². The maximum absolute atomic E-state index is 6.33. The molecule has 3 rings (SSSR count). The Labute approximate surface area is 132 Å². The van der Waals surface area contributed by atoms with Crippen molar-refractivity contribution in [1.82, 2.24) is 0 Å². The van der Waals surface area contributed by atoms with Crippen LogP contribution in [0.5, 0.6) is 0 Å². The summed E-state index contributed by atoms with van der Waals surface area (Å²) in [6, 6.07) is 14.6. The number of benzene rings is 2. The molecule has 0 bridgehead atoms. The molecule has 2 aromatic carbocycles. The first-order valence-corrected chi connectivity index (χ1v) is 7.98. The van der Waals surface area contributed by atoms with Gasteiger partial charge in [-0.1, -0.05) is 30.3 Å². The Bertz CT molecular complexity index is 704. The topological polar surface area (TPSA) is 41.6 Å². The number of hydrogen-bond acceptors (Lipinski definition) is 1. The third-order valence-electron chi connectivity index (χ3n) is 4.36. The minimum atomic E-state index is 0.567. The molecule has 0 aromatic heterocycles. The molecule has 114 valence electrons. The van der Waals surface area contributed by atoms with Gasteiger partial charge in [-0.15, -0.1) is 0 Å². The second kappa shape index (κ2) is 6.22. The van der Waals surface area contributed by atoms with Crippen molar-refractivity contribution in [3.05, 3.63) is 59.2 Å². The molecule has 0 amide bonds. The summed E-state index contributed by atoms with van der Waals surface area (Å²) in [6.45, 7) is 5.00. The molecule has 0 saturated carbocycles. The van der Waals surface area contributed by atoms with E-state index < -0.39 is 0 Å². The number of nitrogens with zero attached hydrogens (tertiary/aromatic N) is 2. The number of fused-ring (bicyclic) bond motifs is 1. The van der Waals surface area contributed by atoms with E-state index in [4.69, 9.17) is 10.7 Å². The van der Waals surface area contributed by atoms with Gasteiger partial charge in [0.2, 0.25) is 5.96 Å². The van der Waals surface area contributed by atoms with Crippen molar-refractivity contribution in [3.8, 4) is 0 Å². The van der Waals surface area contributed by atoms with Gasteiger partial charge < -0.3 is 10.6 Å². The van der Waals surface area contributed by atoms with E-state index in [1.807, 2.05) is 12.1 Å². The van der Waals surface area contributed by atoms with E-state index in [1.165, 1.54) is 23.1 Å². The van der Waals surface area contributed by atoms with E-state index >= 15 is 0 Å². The molecule has 3 heteroatoms. The lowest BCUT2D eigenvalue weighted by Gasteiger charge is -2.24. The number of aryl methyl sites for hydroxylation is 2. The largest absolute Gasteiger partial charge is 0.369 e. The number of anilines is 1. The van der Waals surface area contributed by atoms with Gasteiger partial charge >= 0.3 is 0 Å². The van der Waals surface area contributed by atoms with E-state index in [0.717, 1.165) is 30.8 Å². The molecule has 0 saturated heterocycles. The molecule has 1 aliphatic carbocycles. The fourth-order valence-corrected chi connectivity index (χ4v) is 3.21. The molecule has 3 nitrogen and oxygen atoms in total. The van der Waals surface area contributed by atoms with Crippen molar-refractivity contribution in [2.45, 2.75) is 33.1 Å². The Hall–Kier alpha value is -2.29. The van der Waals surface area contributed by atoms with Crippen LogP contribution < -0.4 is 10.6 Å². The highest BCUT2D eigenvalue weighted by atomic mass is 15.3. The summed E-state index contributed by atoms with van der Waals surface area (Å²) in [6.07, 6.45) is 3.49. The quantitative estimate of drug-likeness (QED) is 0.687. The first-order chi connectivity index (χ1) is 10.7. The molecule has 22 heavy (non-hydrogen) atoms. The molecule has 0 atom stereocenters. The van der Waals surface area contributed by atoms with Crippen LogP contribution in [-0.4, -0.2) is 12.5 Å². The van der Waals surface area contributed by atoms with E-state index in [1.54, 1.807) is 0 Å². The summed E-state index contributed by atoms with van der Waals surface area (Å²) in [5.41, 5.74) is 12.5. The van der Waals surface area contributed by atoms with Gasteiger partial charge in [-0.3, -0.25) is 0 Å². The highest BCUT2D eigenvalue weighted by Crippen LogP contribution is 2.31. The molecule has 2 aromatic rings. The molecule has 2 N–H and O–H groups in total. The minimum absolute atomic E-state index is 0.567. The first-order valence-electron chi connectivity index (χ1n) is 7.98. The summed E-state index contributed by atoms with van der Waals surface area (Å²) in [7, 11) is 0. The van der Waals surface area contributed by atoms with E-state index in [9.17, 15) is 0 Å². The van der Waals surface area contributed by atoms with Gasteiger partial charge in [0.15, 0.2) is 0 Å². The maximum Gasteiger partial charge on any atom is 0.201 e. The number of guanidine groups is 1. The zero-order valence-corrected chi connectivity index (χ0v) is 13.3. The summed E-state index contributed by atoms with van der Waals surface area (Å²) in [4.78, 5) is 6.81. The first kappa shape index (κ1) is 14.6. The highest BCUT2D eigenvalue weighted by Gasteiger charge is 2.16. The Kier molecular flexibility index (Phi) is 4.14. The van der Waals surface area contributed by atoms with E-state index in [0.29, 0.717) is 5.96 Å². The molecular weight excluding hydrogens is 270 g/mol. The van der Waals surface area contributed by atoms with Gasteiger partial charge in [0, 0.05) is 12.2 Å². The van der Waals surface area contributed by atoms with Crippen LogP contribution >= 0.6 is 0 Å². The smallest absolute Gasteiger partial charge is 0.201 e. The average molecular weight is 293 g/mol. The van der Waals surface area contributed by atoms with Crippen molar-refractivity contribution < 1.29 is 0 Å². The molecule has 0 fully saturated rings. The minimum Gasteiger partial charge on any atom is -0.369 e. The molecule has 0 radical (unpaired) electrons. The zero-order chi connectivity index (χ0) is 15.5. The van der Waals surface area contributed by atoms with Crippen LogP contribution in [0.15, 0.2) is 47.5 Å². The van der Waals surface area contributed by atoms with Crippen LogP contribution in [0.2, 0.25) is 0 Å². The van der Waals surface area contributed by atoms with Crippen LogP contribution in [0.1, 0.15) is 30.0 Å². The van der Waals surface area contributed by atoms with Crippen molar-refractivity contribution in [2.24, 2.45) is 10.7 Å². The molecule has 1 aliphatic rings. The Morgan fingerprint density at radius 2 is 1.95 bits per heavy atom. The Morgan fingerprint density at radius 3 is 2.73 bits per heavy atom. The van der Waals surface area contributed by atoms with Crippen LogP contribution in [0.25, 0.3) is 0 Å². The van der Waals surface area contributed by atoms with Gasteiger partial charge in [-0.05, 0) is 61.9 Å². The fourth-order valence-electron chi connectivity index (χ4n) is 3.21. The van der Waals surface area contributed by atoms with Crippen LogP contribution in [0.4, 0.5) is 11.4 Å². The summed E-state index contributed by atoms with van der Waals surface area (Å²) >= 11 is 0. The van der Waals surface area contributed by atoms with Gasteiger partial charge in [-0.2, -0.15) is 0 Å². The predicted molar refractivity (Wildman–Crippen MR) is 93.9 cm³/mol. The SMILES string of the molecule is CCN(C(N)=Nc1cccc2c1CCC2)c1ccccc1C. The average Bonchev–Trinajstić information content (AvgIpc) is 2.99. The van der Waals surface area contributed by atoms with Gasteiger partial charge in [-0.25, -0.2) is 4.99 Å². The number of aliphatic imine (C=N–C) groups is 1. The molecule has 0 heterocycles. The molecule has 0 unspecified atom stereocenters. The number of hydrogen-bond donors (Lipinski definition) is 1. The van der Waals surface area contributed by atoms with Crippen molar-refractivity contribution in [1.29, 1.82) is 0 Å². The normalized spacial score (nSPS) is 14.0. The van der Waals surface area contributed by atoms with E-state index in [2.05, 4.69) is 49.1 Å². The Balaban J connectivity index is 1.97. The maximum atomic E-state index is 6.33. The molecular formula is C19H23N3. The third kappa shape index (κ3) is 2.71.